The van der Waals surface area contributed by atoms with Crippen LogP contribution in [0, 0.1) is 24.5 Å². The molecule has 0 amide bonds. The number of anilines is 1. The van der Waals surface area contributed by atoms with Crippen molar-refractivity contribution < 1.29 is 8.78 Å². The van der Waals surface area contributed by atoms with E-state index >= 15 is 0 Å². The molecular formula is C14H17F2N3. The van der Waals surface area contributed by atoms with Crippen LogP contribution in [0.2, 0.25) is 0 Å². The smallest absolute Gasteiger partial charge is 0.207 e. The third-order valence-electron chi connectivity index (χ3n) is 2.66. The first-order valence-corrected chi connectivity index (χ1v) is 6.22. The molecule has 0 spiro atoms. The molecule has 3 nitrogen and oxygen atoms in total. The average Bonchev–Trinajstić information content (AvgIpc) is 2.71. The van der Waals surface area contributed by atoms with Gasteiger partial charge in [0.1, 0.15) is 11.6 Å². The molecule has 102 valence electrons. The maximum Gasteiger partial charge on any atom is 0.207 e. The Morgan fingerprint density at radius 1 is 1.32 bits per heavy atom. The molecule has 2 rings (SSSR count). The van der Waals surface area contributed by atoms with Crippen LogP contribution in [0.4, 0.5) is 14.7 Å². The van der Waals surface area contributed by atoms with Crippen LogP contribution >= 0.6 is 0 Å². The summed E-state index contributed by atoms with van der Waals surface area (Å²) in [5, 5.41) is 3.14. The van der Waals surface area contributed by atoms with Crippen LogP contribution in [0.5, 0.6) is 0 Å². The summed E-state index contributed by atoms with van der Waals surface area (Å²) in [5.41, 5.74) is 0.904. The largest absolute Gasteiger partial charge is 0.355 e. The highest BCUT2D eigenvalue weighted by Crippen LogP contribution is 2.20. The number of aromatic nitrogens is 2. The van der Waals surface area contributed by atoms with Crippen molar-refractivity contribution in [2.24, 2.45) is 5.92 Å². The number of benzene rings is 1. The van der Waals surface area contributed by atoms with Crippen LogP contribution in [-0.4, -0.2) is 16.1 Å². The van der Waals surface area contributed by atoms with Crippen LogP contribution in [0.25, 0.3) is 5.69 Å². The molecule has 0 unspecified atom stereocenters. The quantitative estimate of drug-likeness (QED) is 0.916. The summed E-state index contributed by atoms with van der Waals surface area (Å²) in [7, 11) is 0. The highest BCUT2D eigenvalue weighted by atomic mass is 19.1. The summed E-state index contributed by atoms with van der Waals surface area (Å²) in [4.78, 5) is 4.29. The van der Waals surface area contributed by atoms with Crippen molar-refractivity contribution in [3.05, 3.63) is 41.7 Å². The maximum absolute atomic E-state index is 13.8. The highest BCUT2D eigenvalue weighted by molar-refractivity contribution is 5.44. The molecule has 19 heavy (non-hydrogen) atoms. The fraction of sp³-hybridized carbons (Fsp3) is 0.357. The van der Waals surface area contributed by atoms with Crippen LogP contribution in [0.15, 0.2) is 24.4 Å². The molecule has 0 fully saturated rings. The van der Waals surface area contributed by atoms with Crippen LogP contribution < -0.4 is 5.32 Å². The summed E-state index contributed by atoms with van der Waals surface area (Å²) < 4.78 is 28.6. The van der Waals surface area contributed by atoms with Crippen molar-refractivity contribution in [3.63, 3.8) is 0 Å². The number of hydrogen-bond acceptors (Lipinski definition) is 2. The number of hydrogen-bond donors (Lipinski definition) is 1. The summed E-state index contributed by atoms with van der Waals surface area (Å²) in [6.45, 7) is 6.66. The first-order valence-electron chi connectivity index (χ1n) is 6.22. The van der Waals surface area contributed by atoms with Gasteiger partial charge in [0.25, 0.3) is 0 Å². The molecular weight excluding hydrogens is 248 g/mol. The van der Waals surface area contributed by atoms with Gasteiger partial charge in [-0.2, -0.15) is 0 Å². The molecule has 1 heterocycles. The van der Waals surface area contributed by atoms with Gasteiger partial charge in [-0.05, 0) is 25.0 Å². The van der Waals surface area contributed by atoms with Gasteiger partial charge < -0.3 is 5.32 Å². The third kappa shape index (κ3) is 3.10. The fourth-order valence-corrected chi connectivity index (χ4v) is 1.77. The van der Waals surface area contributed by atoms with E-state index < -0.39 is 11.6 Å². The van der Waals surface area contributed by atoms with Crippen LogP contribution in [0.1, 0.15) is 19.5 Å². The van der Waals surface area contributed by atoms with Gasteiger partial charge in [0, 0.05) is 18.8 Å². The van der Waals surface area contributed by atoms with Gasteiger partial charge >= 0.3 is 0 Å². The topological polar surface area (TPSA) is 29.9 Å². The van der Waals surface area contributed by atoms with E-state index in [0.717, 1.165) is 23.9 Å². The van der Waals surface area contributed by atoms with E-state index in [1.807, 2.05) is 6.92 Å². The van der Waals surface area contributed by atoms with E-state index in [1.165, 1.54) is 4.57 Å². The lowest BCUT2D eigenvalue weighted by atomic mass is 10.2. The second-order valence-corrected chi connectivity index (χ2v) is 4.95. The normalized spacial score (nSPS) is 11.1. The maximum atomic E-state index is 13.8. The number of rotatable bonds is 4. The van der Waals surface area contributed by atoms with E-state index in [2.05, 4.69) is 24.1 Å². The minimum absolute atomic E-state index is 0.159. The molecule has 0 saturated heterocycles. The Kier molecular flexibility index (Phi) is 3.83. The Bertz CT molecular complexity index is 576. The molecule has 0 atom stereocenters. The highest BCUT2D eigenvalue weighted by Gasteiger charge is 2.12. The van der Waals surface area contributed by atoms with Crippen molar-refractivity contribution in [1.82, 2.24) is 9.55 Å². The molecule has 2 aromatic rings. The van der Waals surface area contributed by atoms with Gasteiger partial charge in [-0.15, -0.1) is 0 Å². The van der Waals surface area contributed by atoms with Crippen molar-refractivity contribution in [3.8, 4) is 5.69 Å². The Balaban J connectivity index is 2.40. The Labute approximate surface area is 111 Å². The lowest BCUT2D eigenvalue weighted by Gasteiger charge is -2.12. The zero-order valence-electron chi connectivity index (χ0n) is 11.2. The minimum Gasteiger partial charge on any atom is -0.355 e. The summed E-state index contributed by atoms with van der Waals surface area (Å²) in [5.74, 6) is 0.00229. The Hall–Kier alpha value is -1.91. The van der Waals surface area contributed by atoms with Gasteiger partial charge in [0.05, 0.1) is 11.4 Å². The molecule has 0 bridgehead atoms. The van der Waals surface area contributed by atoms with Gasteiger partial charge in [-0.3, -0.25) is 4.57 Å². The molecule has 0 saturated carbocycles. The number of nitrogens with zero attached hydrogens (tertiary/aromatic N) is 2. The van der Waals surface area contributed by atoms with Gasteiger partial charge in [0.2, 0.25) is 5.95 Å². The van der Waals surface area contributed by atoms with E-state index in [0.29, 0.717) is 18.4 Å². The van der Waals surface area contributed by atoms with E-state index in [9.17, 15) is 8.78 Å². The number of halogens is 2. The second kappa shape index (κ2) is 5.38. The van der Waals surface area contributed by atoms with Crippen molar-refractivity contribution >= 4 is 5.95 Å². The van der Waals surface area contributed by atoms with E-state index in [-0.39, 0.29) is 5.69 Å². The van der Waals surface area contributed by atoms with Crippen molar-refractivity contribution in [2.45, 2.75) is 20.8 Å². The third-order valence-corrected chi connectivity index (χ3v) is 2.66. The zero-order chi connectivity index (χ0) is 14.0. The van der Waals surface area contributed by atoms with Crippen LogP contribution in [0.3, 0.4) is 0 Å². The fourth-order valence-electron chi connectivity index (χ4n) is 1.77. The first kappa shape index (κ1) is 13.5. The van der Waals surface area contributed by atoms with Gasteiger partial charge in [-0.1, -0.05) is 13.8 Å². The van der Waals surface area contributed by atoms with Gasteiger partial charge in [0.15, 0.2) is 0 Å². The lowest BCUT2D eigenvalue weighted by molar-refractivity contribution is 0.592. The van der Waals surface area contributed by atoms with Crippen molar-refractivity contribution in [2.75, 3.05) is 11.9 Å². The monoisotopic (exact) mass is 265 g/mol. The first-order chi connectivity index (χ1) is 8.97. The van der Waals surface area contributed by atoms with Crippen LogP contribution in [-0.2, 0) is 0 Å². The van der Waals surface area contributed by atoms with E-state index in [1.54, 1.807) is 6.20 Å². The SMILES string of the molecule is Cc1cn(-c2cc(F)ccc2F)c(NCC(C)C)n1. The molecule has 0 aliphatic carbocycles. The lowest BCUT2D eigenvalue weighted by Crippen LogP contribution is -2.12. The molecule has 0 aliphatic heterocycles. The van der Waals surface area contributed by atoms with Gasteiger partial charge in [-0.25, -0.2) is 13.8 Å². The Morgan fingerprint density at radius 2 is 2.05 bits per heavy atom. The van der Waals surface area contributed by atoms with Crippen molar-refractivity contribution in [1.29, 1.82) is 0 Å². The predicted molar refractivity (Wildman–Crippen MR) is 71.5 cm³/mol. The van der Waals surface area contributed by atoms with E-state index in [4.69, 9.17) is 0 Å². The number of aryl methyl sites for hydroxylation is 1. The summed E-state index contributed by atoms with van der Waals surface area (Å²) >= 11 is 0. The standard InChI is InChI=1S/C14H17F2N3/c1-9(2)7-17-14-18-10(3)8-19(14)13-6-11(15)4-5-12(13)16/h4-6,8-9H,7H2,1-3H3,(H,17,18). The molecule has 1 aromatic heterocycles. The molecule has 0 aliphatic rings. The second-order valence-electron chi connectivity index (χ2n) is 4.95. The molecule has 1 N–H and O–H groups in total. The zero-order valence-corrected chi connectivity index (χ0v) is 11.2. The molecule has 5 heteroatoms. The minimum atomic E-state index is -0.480. The molecule has 1 aromatic carbocycles. The molecule has 0 radical (unpaired) electrons. The summed E-state index contributed by atoms with van der Waals surface area (Å²) in [6, 6.07) is 3.38. The summed E-state index contributed by atoms with van der Waals surface area (Å²) in [6.07, 6.45) is 1.68. The average molecular weight is 265 g/mol. The number of nitrogens with one attached hydrogen (secondary N) is 1. The Morgan fingerprint density at radius 3 is 2.74 bits per heavy atom. The number of imidazole rings is 1. The predicted octanol–water partition coefficient (Wildman–Crippen LogP) is 3.53.